The van der Waals surface area contributed by atoms with Crippen molar-refractivity contribution < 1.29 is 8.42 Å². The van der Waals surface area contributed by atoms with Gasteiger partial charge >= 0.3 is 0 Å². The Balaban J connectivity index is 2.15. The normalized spacial score (nSPS) is 17.5. The van der Waals surface area contributed by atoms with Gasteiger partial charge in [0.2, 0.25) is 0 Å². The Morgan fingerprint density at radius 3 is 2.89 bits per heavy atom. The molecule has 4 nitrogen and oxygen atoms in total. The van der Waals surface area contributed by atoms with Gasteiger partial charge in [-0.3, -0.25) is 0 Å². The third-order valence-corrected chi connectivity index (χ3v) is 6.48. The molecule has 0 bridgehead atoms. The molecule has 0 radical (unpaired) electrons. The summed E-state index contributed by atoms with van der Waals surface area (Å²) in [5.74, 6) is 0. The van der Waals surface area contributed by atoms with Gasteiger partial charge in [-0.2, -0.15) is 4.31 Å². The first-order valence-electron chi connectivity index (χ1n) is 6.49. The molecule has 0 amide bonds. The Morgan fingerprint density at radius 2 is 2.21 bits per heavy atom. The molecule has 0 aromatic carbocycles. The largest absolute Gasteiger partial charge is 0.312 e. The molecule has 0 saturated heterocycles. The third-order valence-electron chi connectivity index (χ3n) is 3.08. The van der Waals surface area contributed by atoms with Crippen molar-refractivity contribution in [1.82, 2.24) is 9.62 Å². The lowest BCUT2D eigenvalue weighted by atomic mass is 10.2. The molecule has 19 heavy (non-hydrogen) atoms. The van der Waals surface area contributed by atoms with Gasteiger partial charge in [-0.15, -0.1) is 11.3 Å². The number of hydrogen-bond donors (Lipinski definition) is 1. The van der Waals surface area contributed by atoms with Gasteiger partial charge in [0.1, 0.15) is 4.21 Å². The van der Waals surface area contributed by atoms with Crippen LogP contribution >= 0.6 is 11.3 Å². The lowest BCUT2D eigenvalue weighted by Gasteiger charge is -2.24. The summed E-state index contributed by atoms with van der Waals surface area (Å²) in [6, 6.07) is 3.62. The zero-order valence-electron chi connectivity index (χ0n) is 11.3. The van der Waals surface area contributed by atoms with Gasteiger partial charge in [0.25, 0.3) is 10.0 Å². The predicted molar refractivity (Wildman–Crippen MR) is 78.8 cm³/mol. The Labute approximate surface area is 119 Å². The summed E-state index contributed by atoms with van der Waals surface area (Å²) in [5.41, 5.74) is 1.12. The molecule has 1 aliphatic rings. The van der Waals surface area contributed by atoms with Crippen LogP contribution in [-0.2, 0) is 16.6 Å². The first-order valence-corrected chi connectivity index (χ1v) is 8.75. The Hall–Kier alpha value is -0.690. The highest BCUT2D eigenvalue weighted by Crippen LogP contribution is 2.26. The van der Waals surface area contributed by atoms with Gasteiger partial charge in [0, 0.05) is 24.5 Å². The molecule has 0 atom stereocenters. The molecule has 1 aliphatic heterocycles. The SMILES string of the molecule is CCNCc1ccc(S(=O)(=O)N2CCC=C(C)C2)s1. The van der Waals surface area contributed by atoms with Gasteiger partial charge < -0.3 is 5.32 Å². The molecular weight excluding hydrogens is 280 g/mol. The van der Waals surface area contributed by atoms with Crippen molar-refractivity contribution >= 4 is 21.4 Å². The van der Waals surface area contributed by atoms with Crippen LogP contribution in [0.2, 0.25) is 0 Å². The van der Waals surface area contributed by atoms with Crippen LogP contribution < -0.4 is 5.32 Å². The maximum Gasteiger partial charge on any atom is 0.252 e. The van der Waals surface area contributed by atoms with E-state index >= 15 is 0 Å². The second-order valence-corrected chi connectivity index (χ2v) is 8.01. The van der Waals surface area contributed by atoms with Gasteiger partial charge in [0.05, 0.1) is 0 Å². The number of rotatable bonds is 5. The van der Waals surface area contributed by atoms with Crippen LogP contribution in [0.4, 0.5) is 0 Å². The Kier molecular flexibility index (Phi) is 4.78. The second-order valence-electron chi connectivity index (χ2n) is 4.68. The molecule has 1 aromatic rings. The summed E-state index contributed by atoms with van der Waals surface area (Å²) < 4.78 is 27.0. The molecule has 0 unspecified atom stereocenters. The summed E-state index contributed by atoms with van der Waals surface area (Å²) in [5, 5.41) is 3.21. The van der Waals surface area contributed by atoms with Gasteiger partial charge in [-0.25, -0.2) is 8.42 Å². The topological polar surface area (TPSA) is 49.4 Å². The lowest BCUT2D eigenvalue weighted by molar-refractivity contribution is 0.429. The molecule has 1 aromatic heterocycles. The van der Waals surface area contributed by atoms with E-state index in [0.717, 1.165) is 30.0 Å². The van der Waals surface area contributed by atoms with E-state index < -0.39 is 10.0 Å². The highest BCUT2D eigenvalue weighted by molar-refractivity contribution is 7.91. The van der Waals surface area contributed by atoms with E-state index in [1.807, 2.05) is 19.9 Å². The average Bonchev–Trinajstić information content (AvgIpc) is 2.86. The lowest BCUT2D eigenvalue weighted by Crippen LogP contribution is -2.34. The Morgan fingerprint density at radius 1 is 1.42 bits per heavy atom. The molecule has 0 saturated carbocycles. The van der Waals surface area contributed by atoms with Gasteiger partial charge in [-0.05, 0) is 32.0 Å². The fourth-order valence-electron chi connectivity index (χ4n) is 2.05. The number of nitrogens with zero attached hydrogens (tertiary/aromatic N) is 1. The smallest absolute Gasteiger partial charge is 0.252 e. The molecule has 2 heterocycles. The minimum Gasteiger partial charge on any atom is -0.312 e. The maximum atomic E-state index is 12.5. The van der Waals surface area contributed by atoms with Crippen LogP contribution in [0.3, 0.4) is 0 Å². The van der Waals surface area contributed by atoms with E-state index in [1.165, 1.54) is 11.3 Å². The summed E-state index contributed by atoms with van der Waals surface area (Å²) in [7, 11) is -3.32. The summed E-state index contributed by atoms with van der Waals surface area (Å²) in [4.78, 5) is 1.06. The second kappa shape index (κ2) is 6.17. The van der Waals surface area contributed by atoms with E-state index in [2.05, 4.69) is 11.4 Å². The molecule has 0 fully saturated rings. The van der Waals surface area contributed by atoms with Crippen LogP contribution in [0, 0.1) is 0 Å². The highest BCUT2D eigenvalue weighted by atomic mass is 32.2. The van der Waals surface area contributed by atoms with Crippen LogP contribution in [0.5, 0.6) is 0 Å². The summed E-state index contributed by atoms with van der Waals surface area (Å²) >= 11 is 1.36. The average molecular weight is 300 g/mol. The minimum absolute atomic E-state index is 0.454. The molecule has 0 spiro atoms. The van der Waals surface area contributed by atoms with Crippen molar-refractivity contribution in [2.24, 2.45) is 0 Å². The predicted octanol–water partition coefficient (Wildman–Crippen LogP) is 2.20. The standard InChI is InChI=1S/C13H20N2O2S2/c1-3-14-9-12-6-7-13(18-12)19(16,17)15-8-4-5-11(2)10-15/h5-7,14H,3-4,8-10H2,1-2H3. The fourth-order valence-corrected chi connectivity index (χ4v) is 5.03. The first kappa shape index (κ1) is 14.7. The monoisotopic (exact) mass is 300 g/mol. The fraction of sp³-hybridized carbons (Fsp3) is 0.538. The molecule has 1 N–H and O–H groups in total. The molecule has 106 valence electrons. The van der Waals surface area contributed by atoms with Crippen molar-refractivity contribution in [3.05, 3.63) is 28.7 Å². The van der Waals surface area contributed by atoms with E-state index in [0.29, 0.717) is 17.3 Å². The van der Waals surface area contributed by atoms with Crippen LogP contribution in [0.15, 0.2) is 28.0 Å². The zero-order chi connectivity index (χ0) is 13.9. The van der Waals surface area contributed by atoms with Crippen molar-refractivity contribution in [3.63, 3.8) is 0 Å². The molecule has 6 heteroatoms. The quantitative estimate of drug-likeness (QED) is 0.848. The zero-order valence-corrected chi connectivity index (χ0v) is 13.0. The van der Waals surface area contributed by atoms with E-state index in [4.69, 9.17) is 0 Å². The van der Waals surface area contributed by atoms with E-state index in [-0.39, 0.29) is 0 Å². The van der Waals surface area contributed by atoms with Crippen LogP contribution in [0.1, 0.15) is 25.1 Å². The van der Waals surface area contributed by atoms with Gasteiger partial charge in [0.15, 0.2) is 0 Å². The molecular formula is C13H20N2O2S2. The van der Waals surface area contributed by atoms with Crippen LogP contribution in [-0.4, -0.2) is 32.4 Å². The summed E-state index contributed by atoms with van der Waals surface area (Å²) in [6.45, 7) is 6.73. The summed E-state index contributed by atoms with van der Waals surface area (Å²) in [6.07, 6.45) is 2.91. The van der Waals surface area contributed by atoms with Crippen LogP contribution in [0.25, 0.3) is 0 Å². The Bertz CT molecular complexity index is 561. The first-order chi connectivity index (χ1) is 9.04. The van der Waals surface area contributed by atoms with Crippen molar-refractivity contribution in [1.29, 1.82) is 0 Å². The molecule has 0 aliphatic carbocycles. The van der Waals surface area contributed by atoms with Gasteiger partial charge in [-0.1, -0.05) is 18.6 Å². The van der Waals surface area contributed by atoms with Crippen molar-refractivity contribution in [2.45, 2.75) is 31.0 Å². The van der Waals surface area contributed by atoms with E-state index in [1.54, 1.807) is 10.4 Å². The number of thiophene rings is 1. The third kappa shape index (κ3) is 3.45. The van der Waals surface area contributed by atoms with Crippen molar-refractivity contribution in [2.75, 3.05) is 19.6 Å². The van der Waals surface area contributed by atoms with Crippen molar-refractivity contribution in [3.8, 4) is 0 Å². The number of nitrogens with one attached hydrogen (secondary N) is 1. The maximum absolute atomic E-state index is 12.5. The van der Waals surface area contributed by atoms with E-state index in [9.17, 15) is 8.42 Å². The molecule has 2 rings (SSSR count). The number of hydrogen-bond acceptors (Lipinski definition) is 4. The highest BCUT2D eigenvalue weighted by Gasteiger charge is 2.27. The minimum atomic E-state index is -3.32. The number of sulfonamides is 1.